The van der Waals surface area contributed by atoms with Crippen LogP contribution in [-0.4, -0.2) is 53.9 Å². The second-order valence-electron chi connectivity index (χ2n) is 12.7. The van der Waals surface area contributed by atoms with E-state index in [9.17, 15) is 55.1 Å². The van der Waals surface area contributed by atoms with E-state index in [1.54, 1.807) is 24.3 Å². The van der Waals surface area contributed by atoms with Crippen molar-refractivity contribution in [2.75, 3.05) is 0 Å². The molecule has 3 N–H and O–H groups in total. The van der Waals surface area contributed by atoms with E-state index in [4.69, 9.17) is 52.2 Å². The molecule has 71 heavy (non-hydrogen) atoms. The predicted octanol–water partition coefficient (Wildman–Crippen LogP) is 12.1. The van der Waals surface area contributed by atoms with Gasteiger partial charge < -0.3 is 24.8 Å². The SMILES string of the molecule is O=C(Cl)/C=C/c1ccc(OC(=O)c2c(F)cccc2F)cc1.O=C(Cl)c1c(F)cccc1F.O=C(O)/C=C/c1ccc(O)cc1.O=C(O)/C=C/c1ccc(OC(=O)c2c(F)cccc2F)cc1.O=S(Cl)Cl. The Bertz CT molecular complexity index is 2740. The highest BCUT2D eigenvalue weighted by molar-refractivity contribution is 8.26. The van der Waals surface area contributed by atoms with Crippen LogP contribution in [0.1, 0.15) is 47.8 Å². The normalized spacial score (nSPS) is 10.4. The lowest BCUT2D eigenvalue weighted by atomic mass is 10.2. The minimum atomic E-state index is -1.67. The molecule has 0 aliphatic rings. The summed E-state index contributed by atoms with van der Waals surface area (Å²) >= 11 is 10.1. The van der Waals surface area contributed by atoms with Gasteiger partial charge in [0.15, 0.2) is 0 Å². The molecule has 6 aromatic rings. The maximum absolute atomic E-state index is 13.4. The maximum atomic E-state index is 13.4. The van der Waals surface area contributed by atoms with E-state index in [1.807, 2.05) is 0 Å². The number of benzene rings is 6. The number of phenols is 1. The number of aliphatic carboxylic acids is 2. The van der Waals surface area contributed by atoms with Crippen molar-refractivity contribution in [2.24, 2.45) is 0 Å². The smallest absolute Gasteiger partial charge is 0.349 e. The van der Waals surface area contributed by atoms with Gasteiger partial charge in [-0.3, -0.25) is 9.59 Å². The molecule has 6 aromatic carbocycles. The Morgan fingerprint density at radius 1 is 0.451 bits per heavy atom. The van der Waals surface area contributed by atoms with Gasteiger partial charge >= 0.3 is 23.9 Å². The number of carbonyl (C=O) groups is 6. The average molecular weight is 1090 g/mol. The first-order chi connectivity index (χ1) is 33.5. The van der Waals surface area contributed by atoms with Crippen LogP contribution in [0.4, 0.5) is 26.3 Å². The molecular formula is C48H30Cl4F6O12S. The summed E-state index contributed by atoms with van der Waals surface area (Å²) < 4.78 is 97.8. The standard InChI is InChI=1S/C16H9ClF2O3.C16H10F2O4.C9H8O3.C7H3ClF2O.Cl2OS/c17-14(20)9-6-10-4-7-11(8-5-10)22-16(21)15-12(18)2-1-3-13(15)19;17-12-2-1-3-13(18)15(12)16(21)22-11-7-4-10(5-8-11)6-9-14(19)20;10-8-4-1-7(2-5-8)3-6-9(11)12;8-7(11)6-4(9)2-1-3-5(6)10;1-4(2)3/h1-9H;1-9H,(H,19,20);1-6,10H,(H,11,12);1-3H;/b2*9-6+;6-3+;;. The fourth-order valence-electron chi connectivity index (χ4n) is 4.76. The van der Waals surface area contributed by atoms with E-state index in [2.05, 4.69) is 21.4 Å². The van der Waals surface area contributed by atoms with E-state index < -0.39 is 95.2 Å². The Morgan fingerprint density at radius 3 is 0.972 bits per heavy atom. The van der Waals surface area contributed by atoms with Crippen molar-refractivity contribution in [3.05, 3.63) is 214 Å². The molecule has 0 atom stereocenters. The molecule has 12 nitrogen and oxygen atoms in total. The third kappa shape index (κ3) is 23.1. The van der Waals surface area contributed by atoms with Gasteiger partial charge in [0.25, 0.3) is 5.24 Å². The highest BCUT2D eigenvalue weighted by atomic mass is 36.0. The molecular weight excluding hydrogens is 1060 g/mol. The van der Waals surface area contributed by atoms with Gasteiger partial charge in [-0.05, 0) is 131 Å². The van der Waals surface area contributed by atoms with Gasteiger partial charge in [0.05, 0.1) is 0 Å². The Kier molecular flexibility index (Phi) is 25.9. The van der Waals surface area contributed by atoms with Gasteiger partial charge in [0.2, 0.25) is 14.5 Å². The highest BCUT2D eigenvalue weighted by Crippen LogP contribution is 2.21. The van der Waals surface area contributed by atoms with E-state index in [0.29, 0.717) is 11.1 Å². The second-order valence-corrected chi connectivity index (χ2v) is 16.0. The fourth-order valence-corrected chi connectivity index (χ4v) is 5.01. The molecule has 0 unspecified atom stereocenters. The summed E-state index contributed by atoms with van der Waals surface area (Å²) in [7, 11) is 7.36. The molecule has 0 saturated carbocycles. The van der Waals surface area contributed by atoms with E-state index in [-0.39, 0.29) is 17.2 Å². The number of halogens is 10. The van der Waals surface area contributed by atoms with E-state index >= 15 is 0 Å². The van der Waals surface area contributed by atoms with Crippen LogP contribution in [0.25, 0.3) is 18.2 Å². The molecule has 0 aliphatic carbocycles. The minimum Gasteiger partial charge on any atom is -0.508 e. The third-order valence-corrected chi connectivity index (χ3v) is 8.13. The number of allylic oxidation sites excluding steroid dienone is 1. The van der Waals surface area contributed by atoms with Crippen LogP contribution in [0, 0.1) is 34.9 Å². The Balaban J connectivity index is 0.000000329. The molecule has 0 fully saturated rings. The van der Waals surface area contributed by atoms with Crippen LogP contribution in [0.3, 0.4) is 0 Å². The number of carbonyl (C=O) groups excluding carboxylic acids is 4. The molecule has 0 saturated heterocycles. The summed E-state index contributed by atoms with van der Waals surface area (Å²) in [6.07, 6.45) is 7.45. The van der Waals surface area contributed by atoms with Gasteiger partial charge in [0, 0.05) is 33.5 Å². The minimum absolute atomic E-state index is 0.0835. The zero-order valence-corrected chi connectivity index (χ0v) is 39.1. The lowest BCUT2D eigenvalue weighted by Gasteiger charge is -2.06. The molecule has 0 aliphatic heterocycles. The van der Waals surface area contributed by atoms with Crippen LogP contribution in [0.2, 0.25) is 0 Å². The molecule has 0 amide bonds. The van der Waals surface area contributed by atoms with Gasteiger partial charge in [-0.25, -0.2) is 49.7 Å². The topological polar surface area (TPSA) is 199 Å². The first-order valence-electron chi connectivity index (χ1n) is 18.9. The summed E-state index contributed by atoms with van der Waals surface area (Å²) in [6.45, 7) is 0. The number of ether oxygens (including phenoxy) is 2. The molecule has 0 radical (unpaired) electrons. The van der Waals surface area contributed by atoms with Gasteiger partial charge in [0.1, 0.15) is 68.8 Å². The summed E-state index contributed by atoms with van der Waals surface area (Å²) in [4.78, 5) is 65.0. The average Bonchev–Trinajstić information content (AvgIpc) is 3.28. The first-order valence-corrected chi connectivity index (χ1v) is 22.4. The van der Waals surface area contributed by atoms with Crippen molar-refractivity contribution in [1.29, 1.82) is 0 Å². The molecule has 23 heteroatoms. The maximum Gasteiger partial charge on any atom is 0.349 e. The number of carboxylic acid groups (broad SMARTS) is 2. The Hall–Kier alpha value is -7.55. The zero-order chi connectivity index (χ0) is 53.2. The summed E-state index contributed by atoms with van der Waals surface area (Å²) in [5.41, 5.74) is -0.258. The first kappa shape index (κ1) is 59.6. The predicted molar refractivity (Wildman–Crippen MR) is 253 cm³/mol. The van der Waals surface area contributed by atoms with Crippen molar-refractivity contribution in [3.8, 4) is 17.2 Å². The highest BCUT2D eigenvalue weighted by Gasteiger charge is 2.20. The third-order valence-electron chi connectivity index (χ3n) is 7.81. The van der Waals surface area contributed by atoms with Crippen molar-refractivity contribution in [3.63, 3.8) is 0 Å². The van der Waals surface area contributed by atoms with Crippen molar-refractivity contribution in [2.45, 2.75) is 0 Å². The van der Waals surface area contributed by atoms with Crippen molar-refractivity contribution < 1.29 is 84.1 Å². The lowest BCUT2D eigenvalue weighted by molar-refractivity contribution is -0.132. The number of rotatable bonds is 11. The summed E-state index contributed by atoms with van der Waals surface area (Å²) in [5.74, 6) is -9.88. The van der Waals surface area contributed by atoms with Crippen LogP contribution in [0.5, 0.6) is 17.2 Å². The number of hydrogen-bond acceptors (Lipinski definition) is 10. The van der Waals surface area contributed by atoms with Gasteiger partial charge in [-0.15, -0.1) is 0 Å². The number of phenolic OH excluding ortho intramolecular Hbond substituents is 1. The largest absolute Gasteiger partial charge is 0.508 e. The van der Waals surface area contributed by atoms with Crippen LogP contribution in [0.15, 0.2) is 146 Å². The molecule has 0 aromatic heterocycles. The van der Waals surface area contributed by atoms with Crippen LogP contribution >= 0.6 is 44.6 Å². The Morgan fingerprint density at radius 2 is 0.718 bits per heavy atom. The second kappa shape index (κ2) is 30.8. The monoisotopic (exact) mass is 1080 g/mol. The summed E-state index contributed by atoms with van der Waals surface area (Å²) in [5, 5.41) is 23.9. The van der Waals surface area contributed by atoms with Crippen molar-refractivity contribution in [1.82, 2.24) is 0 Å². The molecule has 6 rings (SSSR count). The fraction of sp³-hybridized carbons (Fsp3) is 0. The molecule has 0 heterocycles. The molecule has 0 spiro atoms. The number of aromatic hydroxyl groups is 1. The van der Waals surface area contributed by atoms with E-state index in [0.717, 1.165) is 78.4 Å². The van der Waals surface area contributed by atoms with Gasteiger partial charge in [-0.1, -0.05) is 60.7 Å². The molecule has 370 valence electrons. The number of hydrogen-bond donors (Lipinski definition) is 3. The quantitative estimate of drug-likeness (QED) is 0.0365. The van der Waals surface area contributed by atoms with Crippen LogP contribution < -0.4 is 9.47 Å². The summed E-state index contributed by atoms with van der Waals surface area (Å²) in [6, 6.07) is 27.3. The molecule has 0 bridgehead atoms. The van der Waals surface area contributed by atoms with Crippen LogP contribution in [-0.2, 0) is 23.6 Å². The Labute approximate surface area is 419 Å². The van der Waals surface area contributed by atoms with Gasteiger partial charge in [-0.2, -0.15) is 0 Å². The zero-order valence-electron chi connectivity index (χ0n) is 35.3. The lowest BCUT2D eigenvalue weighted by Crippen LogP contribution is -2.13. The number of esters is 2. The van der Waals surface area contributed by atoms with Crippen molar-refractivity contribution >= 4 is 106 Å². The van der Waals surface area contributed by atoms with E-state index in [1.165, 1.54) is 66.8 Å². The number of carboxylic acids is 2.